The van der Waals surface area contributed by atoms with Crippen molar-refractivity contribution >= 4 is 5.97 Å². The number of nitriles is 1. The number of rotatable bonds is 2. The van der Waals surface area contributed by atoms with Gasteiger partial charge in [0, 0.05) is 6.92 Å². The van der Waals surface area contributed by atoms with Gasteiger partial charge in [-0.3, -0.25) is 4.79 Å². The van der Waals surface area contributed by atoms with Gasteiger partial charge < -0.3 is 9.47 Å². The number of ether oxygens (including phenoxy) is 2. The molecule has 0 fully saturated rings. The van der Waals surface area contributed by atoms with Gasteiger partial charge in [-0.1, -0.05) is 6.08 Å². The standard InChI is InChI=1S/C9H11NO3/c1-7(11)12-6-9-4-2-3-8(5-10)13-9/h2-3,8-9H,4,6H2,1H3/t8-,9+/m1/s1. The quantitative estimate of drug-likeness (QED) is 0.466. The van der Waals surface area contributed by atoms with E-state index < -0.39 is 6.10 Å². The van der Waals surface area contributed by atoms with Gasteiger partial charge in [-0.05, 0) is 12.5 Å². The van der Waals surface area contributed by atoms with Gasteiger partial charge in [-0.25, -0.2) is 0 Å². The average Bonchev–Trinajstić information content (AvgIpc) is 2.15. The summed E-state index contributed by atoms with van der Waals surface area (Å²) in [5.74, 6) is -0.327. The second-order valence-electron chi connectivity index (χ2n) is 2.77. The summed E-state index contributed by atoms with van der Waals surface area (Å²) in [4.78, 5) is 10.5. The van der Waals surface area contributed by atoms with Crippen LogP contribution in [0.2, 0.25) is 0 Å². The molecule has 1 heterocycles. The normalized spacial score (nSPS) is 26.5. The predicted molar refractivity (Wildman–Crippen MR) is 44.7 cm³/mol. The highest BCUT2D eigenvalue weighted by Gasteiger charge is 2.18. The molecule has 0 aromatic rings. The minimum Gasteiger partial charge on any atom is -0.463 e. The Morgan fingerprint density at radius 3 is 3.23 bits per heavy atom. The first-order chi connectivity index (χ1) is 6.22. The van der Waals surface area contributed by atoms with Crippen LogP contribution >= 0.6 is 0 Å². The maximum Gasteiger partial charge on any atom is 0.302 e. The highest BCUT2D eigenvalue weighted by molar-refractivity contribution is 5.65. The van der Waals surface area contributed by atoms with Crippen molar-refractivity contribution < 1.29 is 14.3 Å². The number of esters is 1. The number of hydrogen-bond donors (Lipinski definition) is 0. The van der Waals surface area contributed by atoms with E-state index >= 15 is 0 Å². The van der Waals surface area contributed by atoms with E-state index in [0.717, 1.165) is 0 Å². The zero-order valence-electron chi connectivity index (χ0n) is 7.40. The molecule has 0 unspecified atom stereocenters. The van der Waals surface area contributed by atoms with Gasteiger partial charge in [0.2, 0.25) is 0 Å². The summed E-state index contributed by atoms with van der Waals surface area (Å²) >= 11 is 0. The summed E-state index contributed by atoms with van der Waals surface area (Å²) in [5, 5.41) is 8.55. The van der Waals surface area contributed by atoms with Crippen molar-refractivity contribution in [2.45, 2.75) is 25.6 Å². The van der Waals surface area contributed by atoms with Gasteiger partial charge in [0.15, 0.2) is 6.10 Å². The molecule has 2 atom stereocenters. The van der Waals surface area contributed by atoms with E-state index in [2.05, 4.69) is 0 Å². The zero-order valence-corrected chi connectivity index (χ0v) is 7.40. The highest BCUT2D eigenvalue weighted by Crippen LogP contribution is 2.11. The molecule has 0 amide bonds. The average molecular weight is 181 g/mol. The fraction of sp³-hybridized carbons (Fsp3) is 0.556. The monoisotopic (exact) mass is 181 g/mol. The summed E-state index contributed by atoms with van der Waals surface area (Å²) in [6, 6.07) is 1.97. The molecule has 0 spiro atoms. The Balaban J connectivity index is 2.34. The van der Waals surface area contributed by atoms with Crippen LogP contribution < -0.4 is 0 Å². The Labute approximate surface area is 76.7 Å². The molecule has 0 saturated heterocycles. The molecule has 70 valence electrons. The van der Waals surface area contributed by atoms with E-state index in [1.165, 1.54) is 6.92 Å². The maximum atomic E-state index is 10.5. The lowest BCUT2D eigenvalue weighted by molar-refractivity contribution is -0.145. The molecule has 0 aliphatic carbocycles. The second-order valence-corrected chi connectivity index (χ2v) is 2.77. The van der Waals surface area contributed by atoms with E-state index in [0.29, 0.717) is 6.42 Å². The summed E-state index contributed by atoms with van der Waals surface area (Å²) in [6.45, 7) is 1.57. The van der Waals surface area contributed by atoms with Crippen LogP contribution in [-0.2, 0) is 14.3 Å². The Morgan fingerprint density at radius 1 is 1.85 bits per heavy atom. The van der Waals surface area contributed by atoms with Crippen LogP contribution in [0.3, 0.4) is 0 Å². The van der Waals surface area contributed by atoms with Gasteiger partial charge in [-0.15, -0.1) is 0 Å². The van der Waals surface area contributed by atoms with Gasteiger partial charge >= 0.3 is 5.97 Å². The van der Waals surface area contributed by atoms with Crippen molar-refractivity contribution in [3.05, 3.63) is 12.2 Å². The lowest BCUT2D eigenvalue weighted by atomic mass is 10.1. The number of carbonyl (C=O) groups excluding carboxylic acids is 1. The van der Waals surface area contributed by atoms with Gasteiger partial charge in [0.25, 0.3) is 0 Å². The summed E-state index contributed by atoms with van der Waals surface area (Å²) < 4.78 is 10.0. The lowest BCUT2D eigenvalue weighted by Gasteiger charge is -2.21. The van der Waals surface area contributed by atoms with Crippen molar-refractivity contribution in [2.75, 3.05) is 6.61 Å². The first kappa shape index (κ1) is 9.75. The van der Waals surface area contributed by atoms with Crippen LogP contribution in [0.1, 0.15) is 13.3 Å². The molecular weight excluding hydrogens is 170 g/mol. The first-order valence-electron chi connectivity index (χ1n) is 4.07. The number of nitrogens with zero attached hydrogens (tertiary/aromatic N) is 1. The van der Waals surface area contributed by atoms with Crippen LogP contribution in [0.15, 0.2) is 12.2 Å². The van der Waals surface area contributed by atoms with Crippen LogP contribution in [-0.4, -0.2) is 24.8 Å². The molecule has 0 aromatic heterocycles. The lowest BCUT2D eigenvalue weighted by Crippen LogP contribution is -2.27. The molecule has 4 heteroatoms. The van der Waals surface area contributed by atoms with Crippen molar-refractivity contribution in [2.24, 2.45) is 0 Å². The number of carbonyl (C=O) groups is 1. The Hall–Kier alpha value is -1.34. The van der Waals surface area contributed by atoms with Gasteiger partial charge in [0.05, 0.1) is 12.2 Å². The predicted octanol–water partition coefficient (Wildman–Crippen LogP) is 0.787. The molecule has 1 rings (SSSR count). The Kier molecular flexibility index (Phi) is 3.47. The van der Waals surface area contributed by atoms with E-state index in [9.17, 15) is 4.79 Å². The fourth-order valence-electron chi connectivity index (χ4n) is 1.05. The van der Waals surface area contributed by atoms with Crippen molar-refractivity contribution in [1.82, 2.24) is 0 Å². The Bertz CT molecular complexity index is 254. The van der Waals surface area contributed by atoms with Crippen LogP contribution in [0.5, 0.6) is 0 Å². The third-order valence-corrected chi connectivity index (χ3v) is 1.65. The minimum absolute atomic E-state index is 0.182. The fourth-order valence-corrected chi connectivity index (χ4v) is 1.05. The molecule has 13 heavy (non-hydrogen) atoms. The first-order valence-corrected chi connectivity index (χ1v) is 4.07. The summed E-state index contributed by atoms with van der Waals surface area (Å²) in [5.41, 5.74) is 0. The van der Waals surface area contributed by atoms with Crippen LogP contribution in [0, 0.1) is 11.3 Å². The molecule has 0 saturated carbocycles. The maximum absolute atomic E-state index is 10.5. The van der Waals surface area contributed by atoms with E-state index in [-0.39, 0.29) is 18.7 Å². The van der Waals surface area contributed by atoms with Crippen LogP contribution in [0.4, 0.5) is 0 Å². The molecular formula is C9H11NO3. The van der Waals surface area contributed by atoms with Crippen molar-refractivity contribution in [3.63, 3.8) is 0 Å². The Morgan fingerprint density at radius 2 is 2.62 bits per heavy atom. The topological polar surface area (TPSA) is 59.3 Å². The highest BCUT2D eigenvalue weighted by atomic mass is 16.6. The van der Waals surface area contributed by atoms with E-state index in [1.54, 1.807) is 6.08 Å². The molecule has 1 aliphatic heterocycles. The molecule has 0 radical (unpaired) electrons. The van der Waals surface area contributed by atoms with Gasteiger partial charge in [-0.2, -0.15) is 5.26 Å². The van der Waals surface area contributed by atoms with Gasteiger partial charge in [0.1, 0.15) is 6.61 Å². The SMILES string of the molecule is CC(=O)OC[C@@H]1CC=C[C@H](C#N)O1. The third-order valence-electron chi connectivity index (χ3n) is 1.65. The molecule has 4 nitrogen and oxygen atoms in total. The molecule has 0 N–H and O–H groups in total. The smallest absolute Gasteiger partial charge is 0.302 e. The molecule has 0 aromatic carbocycles. The van der Waals surface area contributed by atoms with Crippen molar-refractivity contribution in [1.29, 1.82) is 5.26 Å². The molecule has 1 aliphatic rings. The number of hydrogen-bond acceptors (Lipinski definition) is 4. The largest absolute Gasteiger partial charge is 0.463 e. The zero-order chi connectivity index (χ0) is 9.68. The summed E-state index contributed by atoms with van der Waals surface area (Å²) in [6.07, 6.45) is 3.56. The van der Waals surface area contributed by atoms with E-state index in [1.807, 2.05) is 12.1 Å². The third kappa shape index (κ3) is 3.26. The van der Waals surface area contributed by atoms with E-state index in [4.69, 9.17) is 14.7 Å². The minimum atomic E-state index is -0.505. The summed E-state index contributed by atoms with van der Waals surface area (Å²) in [7, 11) is 0. The van der Waals surface area contributed by atoms with Crippen LogP contribution in [0.25, 0.3) is 0 Å². The van der Waals surface area contributed by atoms with Crippen molar-refractivity contribution in [3.8, 4) is 6.07 Å². The molecule has 0 bridgehead atoms. The second kappa shape index (κ2) is 4.63.